The molecule has 0 unspecified atom stereocenters. The number of hydrogen-bond donors (Lipinski definition) is 2. The fourth-order valence-corrected chi connectivity index (χ4v) is 3.55. The Balaban J connectivity index is 1.76. The van der Waals surface area contributed by atoms with Crippen molar-refractivity contribution in [2.45, 2.75) is 12.3 Å². The molecule has 134 valence electrons. The van der Waals surface area contributed by atoms with E-state index in [2.05, 4.69) is 10.0 Å². The molecule has 0 aliphatic carbocycles. The lowest BCUT2D eigenvalue weighted by Gasteiger charge is -2.08. The highest BCUT2D eigenvalue weighted by atomic mass is 35.5. The maximum atomic E-state index is 11.9. The van der Waals surface area contributed by atoms with Gasteiger partial charge in [-0.1, -0.05) is 35.9 Å². The number of amides is 1. The van der Waals surface area contributed by atoms with Crippen molar-refractivity contribution in [1.82, 2.24) is 5.32 Å². The molecule has 0 bridgehead atoms. The number of sulfonamides is 1. The summed E-state index contributed by atoms with van der Waals surface area (Å²) in [5, 5.41) is 3.52. The van der Waals surface area contributed by atoms with E-state index in [0.29, 0.717) is 23.0 Å². The number of thioether (sulfide) groups is 1. The molecular weight excluding hydrogens is 380 g/mol. The molecular formula is C17H19ClN2O3S2. The molecule has 0 aliphatic rings. The zero-order valence-electron chi connectivity index (χ0n) is 13.7. The predicted octanol–water partition coefficient (Wildman–Crippen LogP) is 3.26. The van der Waals surface area contributed by atoms with E-state index in [-0.39, 0.29) is 5.91 Å². The van der Waals surface area contributed by atoms with E-state index in [1.807, 2.05) is 30.3 Å². The number of hydrogen-bond acceptors (Lipinski definition) is 4. The fraction of sp³-hybridized carbons (Fsp3) is 0.235. The van der Waals surface area contributed by atoms with Gasteiger partial charge in [-0.2, -0.15) is 0 Å². The minimum atomic E-state index is -3.32. The van der Waals surface area contributed by atoms with Crippen LogP contribution in [0.2, 0.25) is 5.02 Å². The van der Waals surface area contributed by atoms with Crippen molar-refractivity contribution in [2.24, 2.45) is 0 Å². The van der Waals surface area contributed by atoms with Gasteiger partial charge in [0.05, 0.1) is 12.0 Å². The number of carbonyl (C=O) groups is 1. The number of halogens is 1. The van der Waals surface area contributed by atoms with E-state index >= 15 is 0 Å². The van der Waals surface area contributed by atoms with Crippen molar-refractivity contribution in [2.75, 3.05) is 16.7 Å². The molecule has 0 aromatic heterocycles. The van der Waals surface area contributed by atoms with Gasteiger partial charge >= 0.3 is 0 Å². The highest BCUT2D eigenvalue weighted by Crippen LogP contribution is 2.15. The Hall–Kier alpha value is -1.70. The molecule has 0 fully saturated rings. The topological polar surface area (TPSA) is 75.3 Å². The Morgan fingerprint density at radius 1 is 1.12 bits per heavy atom. The van der Waals surface area contributed by atoms with Gasteiger partial charge in [-0.3, -0.25) is 9.52 Å². The van der Waals surface area contributed by atoms with Crippen LogP contribution >= 0.6 is 23.4 Å². The Morgan fingerprint density at radius 3 is 2.52 bits per heavy atom. The van der Waals surface area contributed by atoms with Crippen molar-refractivity contribution in [1.29, 1.82) is 0 Å². The van der Waals surface area contributed by atoms with Crippen LogP contribution in [0.1, 0.15) is 11.1 Å². The Labute approximate surface area is 157 Å². The maximum Gasteiger partial charge on any atom is 0.230 e. The molecule has 2 rings (SSSR count). The van der Waals surface area contributed by atoms with Crippen molar-refractivity contribution < 1.29 is 13.2 Å². The molecule has 1 amide bonds. The van der Waals surface area contributed by atoms with Crippen molar-refractivity contribution in [3.05, 3.63) is 64.7 Å². The molecule has 2 N–H and O–H groups in total. The zero-order valence-corrected chi connectivity index (χ0v) is 16.0. The number of nitrogens with one attached hydrogen (secondary N) is 2. The second-order valence-corrected chi connectivity index (χ2v) is 8.64. The summed E-state index contributed by atoms with van der Waals surface area (Å²) in [5.74, 6) is 1.02. The fourth-order valence-electron chi connectivity index (χ4n) is 2.05. The summed E-state index contributed by atoms with van der Waals surface area (Å²) in [4.78, 5) is 11.9. The number of rotatable bonds is 8. The molecule has 0 heterocycles. The maximum absolute atomic E-state index is 11.9. The second-order valence-electron chi connectivity index (χ2n) is 5.47. The summed E-state index contributed by atoms with van der Waals surface area (Å²) in [5.41, 5.74) is 2.41. The molecule has 25 heavy (non-hydrogen) atoms. The van der Waals surface area contributed by atoms with E-state index in [1.165, 1.54) is 11.8 Å². The van der Waals surface area contributed by atoms with Gasteiger partial charge in [0.25, 0.3) is 0 Å². The summed E-state index contributed by atoms with van der Waals surface area (Å²) in [6.45, 7) is 0.347. The van der Waals surface area contributed by atoms with Crippen LogP contribution in [0.4, 0.5) is 5.69 Å². The van der Waals surface area contributed by atoms with Crippen molar-refractivity contribution in [3.63, 3.8) is 0 Å². The molecule has 0 saturated carbocycles. The molecule has 5 nitrogen and oxygen atoms in total. The SMILES string of the molecule is CS(=O)(=O)Nc1cccc(CNC(=O)CSCc2ccc(Cl)cc2)c1. The highest BCUT2D eigenvalue weighted by Gasteiger charge is 2.05. The lowest BCUT2D eigenvalue weighted by molar-refractivity contribution is -0.118. The Bertz CT molecular complexity index is 824. The third kappa shape index (κ3) is 7.81. The summed E-state index contributed by atoms with van der Waals surface area (Å²) in [6, 6.07) is 14.5. The normalized spacial score (nSPS) is 11.1. The molecule has 0 aliphatic heterocycles. The van der Waals surface area contributed by atoms with E-state index in [1.54, 1.807) is 18.2 Å². The van der Waals surface area contributed by atoms with Crippen LogP contribution in [0, 0.1) is 0 Å². The standard InChI is InChI=1S/C17H19ClN2O3S2/c1-25(22,23)20-16-4-2-3-14(9-16)10-19-17(21)12-24-11-13-5-7-15(18)8-6-13/h2-9,20H,10-12H2,1H3,(H,19,21). The van der Waals surface area contributed by atoms with Gasteiger partial charge in [0.2, 0.25) is 15.9 Å². The molecule has 0 spiro atoms. The molecule has 0 saturated heterocycles. The number of benzene rings is 2. The predicted molar refractivity (Wildman–Crippen MR) is 104 cm³/mol. The molecule has 2 aromatic carbocycles. The summed E-state index contributed by atoms with van der Waals surface area (Å²) >= 11 is 7.35. The van der Waals surface area contributed by atoms with Crippen LogP contribution in [-0.2, 0) is 27.1 Å². The summed E-state index contributed by atoms with van der Waals surface area (Å²) < 4.78 is 24.9. The van der Waals surface area contributed by atoms with Crippen molar-refractivity contribution >= 4 is 45.0 Å². The molecule has 8 heteroatoms. The molecule has 0 radical (unpaired) electrons. The molecule has 2 aromatic rings. The van der Waals surface area contributed by atoms with Gasteiger partial charge in [-0.15, -0.1) is 11.8 Å². The quantitative estimate of drug-likeness (QED) is 0.715. The minimum absolute atomic E-state index is 0.0690. The third-order valence-electron chi connectivity index (χ3n) is 3.14. The number of carbonyl (C=O) groups excluding carboxylic acids is 1. The monoisotopic (exact) mass is 398 g/mol. The van der Waals surface area contributed by atoms with Gasteiger partial charge < -0.3 is 5.32 Å². The average molecular weight is 399 g/mol. The van der Waals surface area contributed by atoms with E-state index in [0.717, 1.165) is 23.1 Å². The first kappa shape index (κ1) is 19.6. The van der Waals surface area contributed by atoms with Crippen LogP contribution in [-0.4, -0.2) is 26.3 Å². The van der Waals surface area contributed by atoms with Crippen LogP contribution in [0.5, 0.6) is 0 Å². The Kier molecular flexibility index (Phi) is 7.16. The number of anilines is 1. The third-order valence-corrected chi connectivity index (χ3v) is 5.00. The minimum Gasteiger partial charge on any atom is -0.351 e. The summed E-state index contributed by atoms with van der Waals surface area (Å²) in [7, 11) is -3.32. The first-order valence-corrected chi connectivity index (χ1v) is 10.9. The second kappa shape index (κ2) is 9.12. The lowest BCUT2D eigenvalue weighted by atomic mass is 10.2. The van der Waals surface area contributed by atoms with E-state index in [9.17, 15) is 13.2 Å². The highest BCUT2D eigenvalue weighted by molar-refractivity contribution is 7.99. The van der Waals surface area contributed by atoms with Crippen LogP contribution < -0.4 is 10.0 Å². The Morgan fingerprint density at radius 2 is 1.84 bits per heavy atom. The summed E-state index contributed by atoms with van der Waals surface area (Å²) in [6.07, 6.45) is 1.10. The van der Waals surface area contributed by atoms with E-state index < -0.39 is 10.0 Å². The first-order valence-electron chi connectivity index (χ1n) is 7.47. The van der Waals surface area contributed by atoms with Gasteiger partial charge in [0.1, 0.15) is 0 Å². The van der Waals surface area contributed by atoms with Crippen LogP contribution in [0.15, 0.2) is 48.5 Å². The van der Waals surface area contributed by atoms with Crippen molar-refractivity contribution in [3.8, 4) is 0 Å². The molecule has 0 atom stereocenters. The zero-order chi connectivity index (χ0) is 18.3. The smallest absolute Gasteiger partial charge is 0.230 e. The van der Waals surface area contributed by atoms with Gasteiger partial charge in [0.15, 0.2) is 0 Å². The lowest BCUT2D eigenvalue weighted by Crippen LogP contribution is -2.24. The first-order chi connectivity index (χ1) is 11.8. The van der Waals surface area contributed by atoms with E-state index in [4.69, 9.17) is 11.6 Å². The largest absolute Gasteiger partial charge is 0.351 e. The van der Waals surface area contributed by atoms with Gasteiger partial charge in [-0.25, -0.2) is 8.42 Å². The van der Waals surface area contributed by atoms with Crippen LogP contribution in [0.3, 0.4) is 0 Å². The average Bonchev–Trinajstić information content (AvgIpc) is 2.54. The van der Waals surface area contributed by atoms with Crippen LogP contribution in [0.25, 0.3) is 0 Å². The van der Waals surface area contributed by atoms with Gasteiger partial charge in [-0.05, 0) is 35.4 Å². The van der Waals surface area contributed by atoms with Gasteiger partial charge in [0, 0.05) is 23.0 Å².